The first-order valence-corrected chi connectivity index (χ1v) is 7.00. The number of fused-ring (bicyclic) bond motifs is 1. The lowest BCUT2D eigenvalue weighted by Crippen LogP contribution is -2.57. The second-order valence-corrected chi connectivity index (χ2v) is 6.08. The highest BCUT2D eigenvalue weighted by atomic mass is 16.8. The maximum absolute atomic E-state index is 11.3. The monoisotopic (exact) mass is 271 g/mol. The van der Waals surface area contributed by atoms with E-state index in [-0.39, 0.29) is 12.8 Å². The van der Waals surface area contributed by atoms with Gasteiger partial charge in [-0.2, -0.15) is 0 Å². The van der Waals surface area contributed by atoms with Crippen molar-refractivity contribution in [1.82, 2.24) is 0 Å². The minimum atomic E-state index is -1.69. The van der Waals surface area contributed by atoms with Crippen LogP contribution in [0.15, 0.2) is 0 Å². The minimum Gasteiger partial charge on any atom is -0.390 e. The molecule has 1 amide bonds. The van der Waals surface area contributed by atoms with Crippen molar-refractivity contribution in [3.8, 4) is 0 Å². The number of carbonyl (C=O) groups is 1. The van der Waals surface area contributed by atoms with Crippen molar-refractivity contribution in [2.24, 2.45) is 5.73 Å². The summed E-state index contributed by atoms with van der Waals surface area (Å²) in [6.45, 7) is 0. The topological polar surface area (TPSA) is 102 Å². The van der Waals surface area contributed by atoms with Gasteiger partial charge in [-0.1, -0.05) is 6.42 Å². The van der Waals surface area contributed by atoms with Crippen LogP contribution in [0.2, 0.25) is 0 Å². The molecule has 0 unspecified atom stereocenters. The lowest BCUT2D eigenvalue weighted by Gasteiger charge is -2.37. The summed E-state index contributed by atoms with van der Waals surface area (Å²) in [7, 11) is 0. The number of nitrogens with two attached hydrogens (primary N) is 1. The molecule has 0 bridgehead atoms. The van der Waals surface area contributed by atoms with E-state index in [0.717, 1.165) is 32.1 Å². The predicted octanol–water partition coefficient (Wildman–Crippen LogP) is -0.198. The van der Waals surface area contributed by atoms with Crippen LogP contribution in [0.4, 0.5) is 0 Å². The van der Waals surface area contributed by atoms with E-state index in [2.05, 4.69) is 0 Å². The molecule has 1 spiro atoms. The fourth-order valence-corrected chi connectivity index (χ4v) is 3.58. The Balaban J connectivity index is 1.78. The second kappa shape index (κ2) is 4.41. The van der Waals surface area contributed by atoms with Crippen molar-refractivity contribution >= 4 is 5.91 Å². The van der Waals surface area contributed by atoms with Gasteiger partial charge in [0.05, 0.1) is 12.2 Å². The molecule has 0 aromatic rings. The number of primary amides is 1. The largest absolute Gasteiger partial charge is 0.390 e. The van der Waals surface area contributed by atoms with Gasteiger partial charge >= 0.3 is 0 Å². The molecule has 0 aromatic carbocycles. The van der Waals surface area contributed by atoms with Gasteiger partial charge in [0.15, 0.2) is 5.79 Å². The highest BCUT2D eigenvalue weighted by molar-refractivity contribution is 5.83. The third-order valence-electron chi connectivity index (χ3n) is 4.62. The van der Waals surface area contributed by atoms with Crippen LogP contribution in [0.1, 0.15) is 44.9 Å². The first-order valence-electron chi connectivity index (χ1n) is 7.00. The normalized spacial score (nSPS) is 45.1. The lowest BCUT2D eigenvalue weighted by molar-refractivity contribution is -0.198. The maximum Gasteiger partial charge on any atom is 0.249 e. The Morgan fingerprint density at radius 3 is 2.47 bits per heavy atom. The zero-order valence-corrected chi connectivity index (χ0v) is 10.9. The maximum atomic E-state index is 11.3. The fraction of sp³-hybridized carbons (Fsp3) is 0.923. The number of aliphatic hydroxyl groups is 2. The highest BCUT2D eigenvalue weighted by Crippen LogP contribution is 2.46. The Hall–Kier alpha value is -0.690. The van der Waals surface area contributed by atoms with Gasteiger partial charge in [0.25, 0.3) is 0 Å². The summed E-state index contributed by atoms with van der Waals surface area (Å²) >= 11 is 0. The summed E-state index contributed by atoms with van der Waals surface area (Å²) in [4.78, 5) is 11.3. The third-order valence-corrected chi connectivity index (χ3v) is 4.62. The number of aliphatic hydroxyl groups excluding tert-OH is 1. The Morgan fingerprint density at radius 2 is 1.84 bits per heavy atom. The SMILES string of the molecule is NC(=O)[C@@]1(O)C[C@@H](O)[C@@H]2OC3(CCCCC3)O[C@@H]2C1. The van der Waals surface area contributed by atoms with Crippen LogP contribution in [0.3, 0.4) is 0 Å². The number of hydrogen-bond acceptors (Lipinski definition) is 5. The smallest absolute Gasteiger partial charge is 0.249 e. The molecule has 2 saturated carbocycles. The van der Waals surface area contributed by atoms with Crippen molar-refractivity contribution < 1.29 is 24.5 Å². The molecule has 1 saturated heterocycles. The molecule has 0 radical (unpaired) electrons. The quantitative estimate of drug-likeness (QED) is 0.613. The van der Waals surface area contributed by atoms with Crippen molar-refractivity contribution in [2.45, 2.75) is 74.6 Å². The van der Waals surface area contributed by atoms with Gasteiger partial charge in [-0.25, -0.2) is 0 Å². The molecule has 19 heavy (non-hydrogen) atoms. The molecular formula is C13H21NO5. The molecular weight excluding hydrogens is 250 g/mol. The molecule has 108 valence electrons. The Morgan fingerprint density at radius 1 is 1.16 bits per heavy atom. The summed E-state index contributed by atoms with van der Waals surface area (Å²) in [5.41, 5.74) is 3.53. The van der Waals surface area contributed by atoms with Gasteiger partial charge in [-0.15, -0.1) is 0 Å². The van der Waals surface area contributed by atoms with Gasteiger partial charge < -0.3 is 25.4 Å². The number of carbonyl (C=O) groups excluding carboxylic acids is 1. The Kier molecular flexibility index (Phi) is 3.09. The van der Waals surface area contributed by atoms with Gasteiger partial charge in [0.2, 0.25) is 5.91 Å². The number of rotatable bonds is 1. The molecule has 1 heterocycles. The molecule has 4 N–H and O–H groups in total. The van der Waals surface area contributed by atoms with Crippen molar-refractivity contribution in [3.05, 3.63) is 0 Å². The molecule has 6 nitrogen and oxygen atoms in total. The van der Waals surface area contributed by atoms with E-state index in [4.69, 9.17) is 15.2 Å². The summed E-state index contributed by atoms with van der Waals surface area (Å²) in [6.07, 6.45) is 3.04. The van der Waals surface area contributed by atoms with Gasteiger partial charge in [0.1, 0.15) is 11.7 Å². The first kappa shape index (κ1) is 13.3. The molecule has 6 heteroatoms. The van der Waals surface area contributed by atoms with Crippen LogP contribution in [0, 0.1) is 0 Å². The third kappa shape index (κ3) is 2.16. The van der Waals surface area contributed by atoms with Crippen LogP contribution >= 0.6 is 0 Å². The van der Waals surface area contributed by atoms with E-state index in [1.54, 1.807) is 0 Å². The van der Waals surface area contributed by atoms with Crippen LogP contribution in [-0.4, -0.2) is 45.8 Å². The van der Waals surface area contributed by atoms with Crippen LogP contribution in [0.25, 0.3) is 0 Å². The summed E-state index contributed by atoms with van der Waals surface area (Å²) in [5.74, 6) is -1.43. The van der Waals surface area contributed by atoms with E-state index < -0.39 is 35.6 Å². The van der Waals surface area contributed by atoms with Crippen molar-refractivity contribution in [1.29, 1.82) is 0 Å². The van der Waals surface area contributed by atoms with Gasteiger partial charge in [0, 0.05) is 25.7 Å². The summed E-state index contributed by atoms with van der Waals surface area (Å²) in [5, 5.41) is 20.3. The molecule has 0 aromatic heterocycles. The zero-order chi connectivity index (χ0) is 13.7. The van der Waals surface area contributed by atoms with E-state index >= 15 is 0 Å². The molecule has 4 atom stereocenters. The fourth-order valence-electron chi connectivity index (χ4n) is 3.58. The van der Waals surface area contributed by atoms with Crippen LogP contribution < -0.4 is 5.73 Å². The lowest BCUT2D eigenvalue weighted by atomic mass is 9.79. The highest BCUT2D eigenvalue weighted by Gasteiger charge is 2.57. The molecule has 3 fully saturated rings. The number of amides is 1. The average Bonchev–Trinajstić information content (AvgIpc) is 2.68. The standard InChI is InChI=1S/C13H21NO5/c14-11(16)12(17)6-8(15)10-9(7-12)18-13(19-10)4-2-1-3-5-13/h8-10,15,17H,1-7H2,(H2,14,16)/t8-,9-,10+,12-/m1/s1. The van der Waals surface area contributed by atoms with Crippen LogP contribution in [-0.2, 0) is 14.3 Å². The van der Waals surface area contributed by atoms with Gasteiger partial charge in [-0.3, -0.25) is 4.79 Å². The molecule has 3 rings (SSSR count). The zero-order valence-electron chi connectivity index (χ0n) is 10.9. The second-order valence-electron chi connectivity index (χ2n) is 6.08. The average molecular weight is 271 g/mol. The molecule has 2 aliphatic carbocycles. The van der Waals surface area contributed by atoms with E-state index in [0.29, 0.717) is 0 Å². The van der Waals surface area contributed by atoms with Crippen molar-refractivity contribution in [2.75, 3.05) is 0 Å². The van der Waals surface area contributed by atoms with Gasteiger partial charge in [-0.05, 0) is 12.8 Å². The summed E-state index contributed by atoms with van der Waals surface area (Å²) < 4.78 is 11.9. The predicted molar refractivity (Wildman–Crippen MR) is 64.9 cm³/mol. The first-order chi connectivity index (χ1) is 8.94. The Bertz CT molecular complexity index is 381. The number of ether oxygens (including phenoxy) is 2. The van der Waals surface area contributed by atoms with E-state index in [1.807, 2.05) is 0 Å². The molecule has 3 aliphatic rings. The number of hydrogen-bond donors (Lipinski definition) is 3. The summed E-state index contributed by atoms with van der Waals surface area (Å²) in [6, 6.07) is 0. The Labute approximate surface area is 111 Å². The van der Waals surface area contributed by atoms with Crippen molar-refractivity contribution in [3.63, 3.8) is 0 Å². The van der Waals surface area contributed by atoms with Crippen LogP contribution in [0.5, 0.6) is 0 Å². The van der Waals surface area contributed by atoms with E-state index in [9.17, 15) is 15.0 Å². The minimum absolute atomic E-state index is 0.0804. The van der Waals surface area contributed by atoms with E-state index in [1.165, 1.54) is 0 Å². The molecule has 1 aliphatic heterocycles.